The molecular formula is C9H12ClNO. The molecule has 0 spiro atoms. The topological polar surface area (TPSA) is 21.3 Å². The quantitative estimate of drug-likeness (QED) is 0.765. The normalized spacial score (nSPS) is 9.67. The highest BCUT2D eigenvalue weighted by Gasteiger charge is 2.03. The molecular weight excluding hydrogens is 174 g/mol. The second-order valence-electron chi connectivity index (χ2n) is 2.55. The van der Waals surface area contributed by atoms with E-state index in [2.05, 4.69) is 5.32 Å². The first-order valence-electron chi connectivity index (χ1n) is 3.71. The second-order valence-corrected chi connectivity index (χ2v) is 2.96. The molecule has 1 aromatic carbocycles. The number of rotatable bonds is 2. The number of nitrogens with one attached hydrogen (secondary N) is 1. The average molecular weight is 186 g/mol. The van der Waals surface area contributed by atoms with Gasteiger partial charge in [-0.1, -0.05) is 11.6 Å². The zero-order valence-corrected chi connectivity index (χ0v) is 8.20. The van der Waals surface area contributed by atoms with Crippen molar-refractivity contribution in [3.63, 3.8) is 0 Å². The minimum absolute atomic E-state index is 0.632. The van der Waals surface area contributed by atoms with Gasteiger partial charge >= 0.3 is 0 Å². The molecule has 0 amide bonds. The third-order valence-corrected chi connectivity index (χ3v) is 2.06. The molecule has 0 aliphatic heterocycles. The zero-order chi connectivity index (χ0) is 9.14. The summed E-state index contributed by atoms with van der Waals surface area (Å²) in [5.41, 5.74) is 2.15. The largest absolute Gasteiger partial charge is 0.495 e. The van der Waals surface area contributed by atoms with Gasteiger partial charge in [0.15, 0.2) is 0 Å². The summed E-state index contributed by atoms with van der Waals surface area (Å²) in [6.07, 6.45) is 0. The van der Waals surface area contributed by atoms with Gasteiger partial charge in [-0.25, -0.2) is 0 Å². The predicted octanol–water partition coefficient (Wildman–Crippen LogP) is 2.70. The van der Waals surface area contributed by atoms with Gasteiger partial charge in [0, 0.05) is 12.7 Å². The number of halogens is 1. The highest BCUT2D eigenvalue weighted by molar-refractivity contribution is 6.32. The van der Waals surface area contributed by atoms with Crippen molar-refractivity contribution < 1.29 is 4.74 Å². The van der Waals surface area contributed by atoms with Gasteiger partial charge in [0.25, 0.3) is 0 Å². The van der Waals surface area contributed by atoms with E-state index in [1.807, 2.05) is 26.1 Å². The second kappa shape index (κ2) is 3.68. The first kappa shape index (κ1) is 9.20. The number of aryl methyl sites for hydroxylation is 1. The summed E-state index contributed by atoms with van der Waals surface area (Å²) in [6.45, 7) is 2.00. The molecule has 0 aliphatic carbocycles. The maximum absolute atomic E-state index is 5.92. The van der Waals surface area contributed by atoms with Crippen LogP contribution in [0.1, 0.15) is 5.56 Å². The fourth-order valence-electron chi connectivity index (χ4n) is 1.08. The average Bonchev–Trinajstić information content (AvgIpc) is 2.08. The predicted molar refractivity (Wildman–Crippen MR) is 52.3 cm³/mol. The van der Waals surface area contributed by atoms with Crippen LogP contribution in [0.2, 0.25) is 5.02 Å². The molecule has 1 rings (SSSR count). The Morgan fingerprint density at radius 2 is 2.08 bits per heavy atom. The molecule has 0 unspecified atom stereocenters. The van der Waals surface area contributed by atoms with E-state index in [0.29, 0.717) is 10.8 Å². The monoisotopic (exact) mass is 185 g/mol. The summed E-state index contributed by atoms with van der Waals surface area (Å²) in [5, 5.41) is 3.68. The number of hydrogen-bond donors (Lipinski definition) is 1. The van der Waals surface area contributed by atoms with Crippen molar-refractivity contribution in [3.05, 3.63) is 22.7 Å². The van der Waals surface area contributed by atoms with E-state index in [1.54, 1.807) is 7.11 Å². The van der Waals surface area contributed by atoms with Crippen LogP contribution in [0.25, 0.3) is 0 Å². The standard InChI is InChI=1S/C9H12ClNO/c1-6-4-9(12-3)7(10)5-8(6)11-2/h4-5,11H,1-3H3. The summed E-state index contributed by atoms with van der Waals surface area (Å²) in [7, 11) is 3.48. The van der Waals surface area contributed by atoms with Crippen LogP contribution < -0.4 is 10.1 Å². The molecule has 0 heterocycles. The van der Waals surface area contributed by atoms with E-state index >= 15 is 0 Å². The third kappa shape index (κ3) is 1.64. The molecule has 0 aromatic heterocycles. The molecule has 0 saturated carbocycles. The van der Waals surface area contributed by atoms with Crippen molar-refractivity contribution in [1.29, 1.82) is 0 Å². The number of methoxy groups -OCH3 is 1. The molecule has 2 nitrogen and oxygen atoms in total. The van der Waals surface area contributed by atoms with E-state index in [9.17, 15) is 0 Å². The highest BCUT2D eigenvalue weighted by atomic mass is 35.5. The van der Waals surface area contributed by atoms with E-state index < -0.39 is 0 Å². The number of ether oxygens (including phenoxy) is 1. The molecule has 3 heteroatoms. The summed E-state index contributed by atoms with van der Waals surface area (Å²) < 4.78 is 5.07. The van der Waals surface area contributed by atoms with Crippen LogP contribution in [-0.4, -0.2) is 14.2 Å². The SMILES string of the molecule is CNc1cc(Cl)c(OC)cc1C. The van der Waals surface area contributed by atoms with Gasteiger partial charge in [0.05, 0.1) is 12.1 Å². The Balaban J connectivity index is 3.16. The van der Waals surface area contributed by atoms with Gasteiger partial charge in [-0.3, -0.25) is 0 Å². The molecule has 1 N–H and O–H groups in total. The van der Waals surface area contributed by atoms with E-state index in [0.717, 1.165) is 11.3 Å². The Kier molecular flexibility index (Phi) is 2.82. The third-order valence-electron chi connectivity index (χ3n) is 1.77. The minimum Gasteiger partial charge on any atom is -0.495 e. The van der Waals surface area contributed by atoms with Crippen LogP contribution in [-0.2, 0) is 0 Å². The summed E-state index contributed by atoms with van der Waals surface area (Å²) in [4.78, 5) is 0. The lowest BCUT2D eigenvalue weighted by molar-refractivity contribution is 0.415. The first-order chi connectivity index (χ1) is 5.69. The molecule has 66 valence electrons. The van der Waals surface area contributed by atoms with E-state index in [-0.39, 0.29) is 0 Å². The smallest absolute Gasteiger partial charge is 0.137 e. The fourth-order valence-corrected chi connectivity index (χ4v) is 1.32. The number of anilines is 1. The van der Waals surface area contributed by atoms with Crippen molar-refractivity contribution in [2.75, 3.05) is 19.5 Å². The Hall–Kier alpha value is -0.890. The van der Waals surface area contributed by atoms with Gasteiger partial charge in [-0.15, -0.1) is 0 Å². The summed E-state index contributed by atoms with van der Waals surface area (Å²) >= 11 is 5.92. The van der Waals surface area contributed by atoms with Crippen LogP contribution in [0.4, 0.5) is 5.69 Å². The molecule has 0 bridgehead atoms. The number of hydrogen-bond acceptors (Lipinski definition) is 2. The maximum Gasteiger partial charge on any atom is 0.137 e. The maximum atomic E-state index is 5.92. The van der Waals surface area contributed by atoms with Crippen LogP contribution in [0.15, 0.2) is 12.1 Å². The molecule has 0 aliphatic rings. The van der Waals surface area contributed by atoms with Crippen molar-refractivity contribution in [2.45, 2.75) is 6.92 Å². The fraction of sp³-hybridized carbons (Fsp3) is 0.333. The molecule has 1 aromatic rings. The molecule has 12 heavy (non-hydrogen) atoms. The van der Waals surface area contributed by atoms with Gasteiger partial charge in [0.1, 0.15) is 5.75 Å². The lowest BCUT2D eigenvalue weighted by Crippen LogP contribution is -1.93. The molecule has 0 atom stereocenters. The highest BCUT2D eigenvalue weighted by Crippen LogP contribution is 2.30. The van der Waals surface area contributed by atoms with Crippen molar-refractivity contribution in [2.24, 2.45) is 0 Å². The lowest BCUT2D eigenvalue weighted by Gasteiger charge is -2.08. The minimum atomic E-state index is 0.632. The molecule has 0 radical (unpaired) electrons. The van der Waals surface area contributed by atoms with Crippen LogP contribution >= 0.6 is 11.6 Å². The first-order valence-corrected chi connectivity index (χ1v) is 4.08. The van der Waals surface area contributed by atoms with Gasteiger partial charge in [-0.05, 0) is 24.6 Å². The van der Waals surface area contributed by atoms with Crippen molar-refractivity contribution in [1.82, 2.24) is 0 Å². The number of benzene rings is 1. The Bertz CT molecular complexity index is 256. The van der Waals surface area contributed by atoms with E-state index in [4.69, 9.17) is 16.3 Å². The van der Waals surface area contributed by atoms with Crippen LogP contribution in [0.3, 0.4) is 0 Å². The van der Waals surface area contributed by atoms with E-state index in [1.165, 1.54) is 0 Å². The summed E-state index contributed by atoms with van der Waals surface area (Å²) in [6, 6.07) is 3.77. The lowest BCUT2D eigenvalue weighted by atomic mass is 10.2. The van der Waals surface area contributed by atoms with Crippen molar-refractivity contribution in [3.8, 4) is 5.75 Å². The Labute approximate surface area is 77.5 Å². The zero-order valence-electron chi connectivity index (χ0n) is 7.44. The molecule has 0 fully saturated rings. The van der Waals surface area contributed by atoms with Crippen LogP contribution in [0, 0.1) is 6.92 Å². The molecule has 0 saturated heterocycles. The Morgan fingerprint density at radius 1 is 1.42 bits per heavy atom. The van der Waals surface area contributed by atoms with Crippen LogP contribution in [0.5, 0.6) is 5.75 Å². The van der Waals surface area contributed by atoms with Crippen molar-refractivity contribution >= 4 is 17.3 Å². The summed E-state index contributed by atoms with van der Waals surface area (Å²) in [5.74, 6) is 0.716. The van der Waals surface area contributed by atoms with Gasteiger partial charge in [0.2, 0.25) is 0 Å². The van der Waals surface area contributed by atoms with Gasteiger partial charge < -0.3 is 10.1 Å². The Morgan fingerprint density at radius 3 is 2.58 bits per heavy atom. The van der Waals surface area contributed by atoms with Gasteiger partial charge in [-0.2, -0.15) is 0 Å².